The summed E-state index contributed by atoms with van der Waals surface area (Å²) in [5.74, 6) is 1.30. The highest BCUT2D eigenvalue weighted by Crippen LogP contribution is 2.50. The molecule has 2 aliphatic heterocycles. The van der Waals surface area contributed by atoms with Gasteiger partial charge >= 0.3 is 0 Å². The maximum absolute atomic E-state index is 13.6. The Balaban J connectivity index is 1.49. The molecule has 5 rings (SSSR count). The quantitative estimate of drug-likeness (QED) is 0.462. The molecule has 0 N–H and O–H groups in total. The van der Waals surface area contributed by atoms with E-state index in [2.05, 4.69) is 0 Å². The maximum Gasteiger partial charge on any atom is 0.243 e. The third-order valence-corrected chi connectivity index (χ3v) is 8.81. The molecule has 8 heteroatoms. The Kier molecular flexibility index (Phi) is 6.55. The number of ether oxygens (including phenoxy) is 2. The van der Waals surface area contributed by atoms with Gasteiger partial charge in [0.1, 0.15) is 23.7 Å². The molecule has 0 unspecified atom stereocenters. The second-order valence-corrected chi connectivity index (χ2v) is 11.0. The maximum atomic E-state index is 13.6. The van der Waals surface area contributed by atoms with Gasteiger partial charge in [-0.05, 0) is 54.4 Å². The van der Waals surface area contributed by atoms with Gasteiger partial charge in [-0.15, -0.1) is 0 Å². The van der Waals surface area contributed by atoms with E-state index in [1.54, 1.807) is 30.7 Å². The van der Waals surface area contributed by atoms with Crippen LogP contribution in [0.4, 0.5) is 0 Å². The molecule has 2 saturated heterocycles. The average molecular weight is 496 g/mol. The van der Waals surface area contributed by atoms with Gasteiger partial charge in [-0.1, -0.05) is 42.0 Å². The van der Waals surface area contributed by atoms with Crippen LogP contribution in [0, 0.1) is 18.8 Å². The van der Waals surface area contributed by atoms with Crippen LogP contribution in [0.5, 0.6) is 11.5 Å². The highest BCUT2D eigenvalue weighted by molar-refractivity contribution is 7.89. The molecule has 0 spiro atoms. The fraction of sp³-hybridized carbons (Fsp3) is 0.333. The Hall–Kier alpha value is -2.91. The van der Waals surface area contributed by atoms with Gasteiger partial charge in [0, 0.05) is 24.9 Å². The molecule has 7 nitrogen and oxygen atoms in total. The molecule has 184 valence electrons. The van der Waals surface area contributed by atoms with Crippen molar-refractivity contribution < 1.29 is 27.7 Å². The van der Waals surface area contributed by atoms with Crippen molar-refractivity contribution in [2.24, 2.45) is 11.8 Å². The van der Waals surface area contributed by atoms with Gasteiger partial charge in [0.05, 0.1) is 19.1 Å². The third-order valence-electron chi connectivity index (χ3n) is 6.97. The lowest BCUT2D eigenvalue weighted by Crippen LogP contribution is -2.34. The van der Waals surface area contributed by atoms with Crippen LogP contribution in [0.2, 0.25) is 0 Å². The molecule has 0 saturated carbocycles. The molecular weight excluding hydrogens is 466 g/mol. The first-order valence-electron chi connectivity index (χ1n) is 11.6. The predicted molar refractivity (Wildman–Crippen MR) is 131 cm³/mol. The predicted octanol–water partition coefficient (Wildman–Crippen LogP) is 4.69. The van der Waals surface area contributed by atoms with Crippen LogP contribution in [-0.4, -0.2) is 40.0 Å². The van der Waals surface area contributed by atoms with Gasteiger partial charge < -0.3 is 9.47 Å². The lowest BCUT2D eigenvalue weighted by Gasteiger charge is -2.38. The summed E-state index contributed by atoms with van der Waals surface area (Å²) in [6.07, 6.45) is -0.808. The molecule has 0 aromatic heterocycles. The van der Waals surface area contributed by atoms with E-state index in [1.165, 1.54) is 0 Å². The smallest absolute Gasteiger partial charge is 0.243 e. The van der Waals surface area contributed by atoms with Gasteiger partial charge in [0.25, 0.3) is 0 Å². The first kappa shape index (κ1) is 23.8. The number of rotatable bonds is 6. The van der Waals surface area contributed by atoms with E-state index < -0.39 is 22.2 Å². The highest BCUT2D eigenvalue weighted by Gasteiger charge is 2.51. The van der Waals surface area contributed by atoms with Crippen molar-refractivity contribution in [1.82, 2.24) is 4.31 Å². The molecule has 35 heavy (non-hydrogen) atoms. The Morgan fingerprint density at radius 2 is 1.14 bits per heavy atom. The number of hydrogen-bond donors (Lipinski definition) is 0. The summed E-state index contributed by atoms with van der Waals surface area (Å²) in [5.41, 5.74) is 2.85. The second-order valence-electron chi connectivity index (χ2n) is 9.04. The van der Waals surface area contributed by atoms with Gasteiger partial charge in [-0.3, -0.25) is 0 Å². The number of fused-ring (bicyclic) bond motifs is 1. The SMILES string of the molecule is COc1ccc([C@H]2OO[C@H](c3ccc(OC)cc3)[C@H]3CN(S(=O)(=O)c4ccc(C)cc4)C[C@@H]32)cc1. The fourth-order valence-electron chi connectivity index (χ4n) is 4.97. The molecule has 2 aliphatic rings. The summed E-state index contributed by atoms with van der Waals surface area (Å²) in [7, 11) is -0.423. The van der Waals surface area contributed by atoms with Crippen LogP contribution in [0.1, 0.15) is 28.9 Å². The van der Waals surface area contributed by atoms with Crippen LogP contribution in [0.3, 0.4) is 0 Å². The van der Waals surface area contributed by atoms with Crippen LogP contribution < -0.4 is 9.47 Å². The molecule has 4 atom stereocenters. The van der Waals surface area contributed by atoms with Crippen LogP contribution in [0.25, 0.3) is 0 Å². The normalized spacial score (nSPS) is 24.7. The standard InChI is InChI=1S/C27H29NO6S/c1-18-4-14-23(15-5-18)35(29,30)28-16-24-25(17-28)27(20-8-12-22(32-3)13-9-20)34-33-26(24)19-6-10-21(31-2)11-7-19/h4-15,24-27H,16-17H2,1-3H3/t24-,25-,26+,27+/m0/s1. The number of benzene rings is 3. The molecule has 0 bridgehead atoms. The van der Waals surface area contributed by atoms with Crippen molar-refractivity contribution in [2.45, 2.75) is 24.0 Å². The summed E-state index contributed by atoms with van der Waals surface area (Å²) in [4.78, 5) is 12.2. The van der Waals surface area contributed by atoms with E-state index in [0.29, 0.717) is 18.0 Å². The molecule has 2 fully saturated rings. The molecule has 0 radical (unpaired) electrons. The third kappa shape index (κ3) is 4.54. The number of aryl methyl sites for hydroxylation is 1. The Labute approximate surface area is 206 Å². The van der Waals surface area contributed by atoms with Crippen molar-refractivity contribution in [3.8, 4) is 11.5 Å². The van der Waals surface area contributed by atoms with Gasteiger partial charge in [0.2, 0.25) is 10.0 Å². The zero-order chi connectivity index (χ0) is 24.6. The van der Waals surface area contributed by atoms with Crippen LogP contribution in [-0.2, 0) is 19.8 Å². The van der Waals surface area contributed by atoms with E-state index >= 15 is 0 Å². The van der Waals surface area contributed by atoms with Crippen LogP contribution >= 0.6 is 0 Å². The monoisotopic (exact) mass is 495 g/mol. The summed E-state index contributed by atoms with van der Waals surface area (Å²) in [6.45, 7) is 2.62. The largest absolute Gasteiger partial charge is 0.497 e. The second kappa shape index (κ2) is 9.62. The number of sulfonamides is 1. The first-order chi connectivity index (χ1) is 16.9. The zero-order valence-corrected chi connectivity index (χ0v) is 20.8. The summed E-state index contributed by atoms with van der Waals surface area (Å²) in [6, 6.07) is 22.2. The van der Waals surface area contributed by atoms with Crippen molar-refractivity contribution in [2.75, 3.05) is 27.3 Å². The van der Waals surface area contributed by atoms with Crippen molar-refractivity contribution in [1.29, 1.82) is 0 Å². The molecule has 3 aromatic carbocycles. The van der Waals surface area contributed by atoms with Gasteiger partial charge in [0.15, 0.2) is 0 Å². The molecule has 0 amide bonds. The molecule has 2 heterocycles. The fourth-order valence-corrected chi connectivity index (χ4v) is 6.48. The van der Waals surface area contributed by atoms with E-state index in [1.807, 2.05) is 67.6 Å². The zero-order valence-electron chi connectivity index (χ0n) is 20.0. The summed E-state index contributed by atoms with van der Waals surface area (Å²) in [5, 5.41) is 0. The molecule has 3 aromatic rings. The van der Waals surface area contributed by atoms with E-state index in [0.717, 1.165) is 28.2 Å². The minimum atomic E-state index is -3.66. The first-order valence-corrected chi connectivity index (χ1v) is 13.0. The number of hydrogen-bond acceptors (Lipinski definition) is 6. The Morgan fingerprint density at radius 1 is 0.714 bits per heavy atom. The number of methoxy groups -OCH3 is 2. The summed E-state index contributed by atoms with van der Waals surface area (Å²) >= 11 is 0. The minimum absolute atomic E-state index is 0.0931. The lowest BCUT2D eigenvalue weighted by atomic mass is 9.81. The van der Waals surface area contributed by atoms with E-state index in [-0.39, 0.29) is 11.8 Å². The number of nitrogens with zero attached hydrogens (tertiary/aromatic N) is 1. The molecular formula is C27H29NO6S. The lowest BCUT2D eigenvalue weighted by molar-refractivity contribution is -0.403. The topological polar surface area (TPSA) is 74.3 Å². The highest BCUT2D eigenvalue weighted by atomic mass is 32.2. The van der Waals surface area contributed by atoms with Crippen molar-refractivity contribution >= 4 is 10.0 Å². The van der Waals surface area contributed by atoms with Gasteiger partial charge in [-0.2, -0.15) is 4.31 Å². The van der Waals surface area contributed by atoms with Gasteiger partial charge in [-0.25, -0.2) is 18.2 Å². The van der Waals surface area contributed by atoms with E-state index in [9.17, 15) is 8.42 Å². The van der Waals surface area contributed by atoms with E-state index in [4.69, 9.17) is 19.2 Å². The summed E-state index contributed by atoms with van der Waals surface area (Å²) < 4.78 is 39.2. The molecule has 0 aliphatic carbocycles. The van der Waals surface area contributed by atoms with Crippen molar-refractivity contribution in [3.63, 3.8) is 0 Å². The minimum Gasteiger partial charge on any atom is -0.497 e. The Morgan fingerprint density at radius 3 is 1.54 bits per heavy atom. The van der Waals surface area contributed by atoms with Crippen molar-refractivity contribution in [3.05, 3.63) is 89.5 Å². The van der Waals surface area contributed by atoms with Crippen LogP contribution in [0.15, 0.2) is 77.7 Å². The average Bonchev–Trinajstić information content (AvgIpc) is 3.35. The Bertz CT molecular complexity index is 1200.